The maximum Gasteiger partial charge on any atom is 0.420 e. The molecule has 2 rings (SSSR count). The molecule has 0 fully saturated rings. The van der Waals surface area contributed by atoms with Crippen molar-refractivity contribution in [3.05, 3.63) is 23.3 Å². The van der Waals surface area contributed by atoms with Crippen LogP contribution in [0.2, 0.25) is 0 Å². The third kappa shape index (κ3) is 2.65. The Bertz CT molecular complexity index is 500. The van der Waals surface area contributed by atoms with Gasteiger partial charge in [-0.05, 0) is 12.1 Å². The standard InChI is InChI=1S/C12H12F3NO3/c13-12(14,15)8-3-2-7(9(17)6-16)10-11(8)19-5-1-4-18-10/h2-3H,1,4-6,16H2. The van der Waals surface area contributed by atoms with E-state index in [2.05, 4.69) is 0 Å². The molecule has 7 heteroatoms. The number of benzene rings is 1. The SMILES string of the molecule is NCC(=O)c1ccc(C(F)(F)F)c2c1OCCCO2. The number of nitrogens with two attached hydrogens (primary N) is 1. The van der Waals surface area contributed by atoms with Gasteiger partial charge in [-0.25, -0.2) is 0 Å². The lowest BCUT2D eigenvalue weighted by molar-refractivity contribution is -0.139. The largest absolute Gasteiger partial charge is 0.489 e. The molecule has 0 aliphatic carbocycles. The van der Waals surface area contributed by atoms with E-state index < -0.39 is 23.3 Å². The molecule has 0 spiro atoms. The first-order chi connectivity index (χ1) is 8.95. The molecular formula is C12H12F3NO3. The van der Waals surface area contributed by atoms with Crippen LogP contribution in [0.15, 0.2) is 12.1 Å². The molecule has 0 aromatic heterocycles. The summed E-state index contributed by atoms with van der Waals surface area (Å²) in [6, 6.07) is 1.89. The minimum atomic E-state index is -4.57. The van der Waals surface area contributed by atoms with Crippen LogP contribution >= 0.6 is 0 Å². The molecule has 0 saturated heterocycles. The van der Waals surface area contributed by atoms with Crippen molar-refractivity contribution in [2.45, 2.75) is 12.6 Å². The predicted octanol–water partition coefficient (Wildman–Crippen LogP) is 2.01. The number of ether oxygens (including phenoxy) is 2. The predicted molar refractivity (Wildman–Crippen MR) is 60.4 cm³/mol. The fourth-order valence-corrected chi connectivity index (χ4v) is 1.81. The van der Waals surface area contributed by atoms with Gasteiger partial charge in [0.05, 0.1) is 25.3 Å². The van der Waals surface area contributed by atoms with Gasteiger partial charge in [-0.1, -0.05) is 0 Å². The third-order valence-electron chi connectivity index (χ3n) is 2.68. The summed E-state index contributed by atoms with van der Waals surface area (Å²) in [5.41, 5.74) is 4.31. The van der Waals surface area contributed by atoms with Crippen LogP contribution in [0.5, 0.6) is 11.5 Å². The molecule has 0 radical (unpaired) electrons. The van der Waals surface area contributed by atoms with Crippen molar-refractivity contribution in [1.29, 1.82) is 0 Å². The number of halogens is 3. The van der Waals surface area contributed by atoms with Gasteiger partial charge >= 0.3 is 6.18 Å². The number of hydrogen-bond donors (Lipinski definition) is 1. The molecule has 0 bridgehead atoms. The van der Waals surface area contributed by atoms with Crippen LogP contribution in [0.3, 0.4) is 0 Å². The van der Waals surface area contributed by atoms with Crippen molar-refractivity contribution >= 4 is 5.78 Å². The number of carbonyl (C=O) groups excluding carboxylic acids is 1. The molecule has 1 heterocycles. The Morgan fingerprint density at radius 1 is 1.21 bits per heavy atom. The second-order valence-corrected chi connectivity index (χ2v) is 3.99. The Labute approximate surface area is 107 Å². The molecule has 0 unspecified atom stereocenters. The number of hydrogen-bond acceptors (Lipinski definition) is 4. The van der Waals surface area contributed by atoms with Crippen molar-refractivity contribution in [2.75, 3.05) is 19.8 Å². The summed E-state index contributed by atoms with van der Waals surface area (Å²) >= 11 is 0. The molecule has 19 heavy (non-hydrogen) atoms. The number of rotatable bonds is 2. The summed E-state index contributed by atoms with van der Waals surface area (Å²) in [5, 5.41) is 0. The topological polar surface area (TPSA) is 61.6 Å². The van der Waals surface area contributed by atoms with Gasteiger partial charge in [-0.15, -0.1) is 0 Å². The van der Waals surface area contributed by atoms with E-state index in [0.717, 1.165) is 12.1 Å². The Morgan fingerprint density at radius 2 is 1.84 bits per heavy atom. The van der Waals surface area contributed by atoms with Crippen molar-refractivity contribution in [3.8, 4) is 11.5 Å². The van der Waals surface area contributed by atoms with Gasteiger partial charge in [-0.3, -0.25) is 4.79 Å². The summed E-state index contributed by atoms with van der Waals surface area (Å²) in [6.45, 7) is -0.00330. The molecule has 0 amide bonds. The number of carbonyl (C=O) groups is 1. The van der Waals surface area contributed by atoms with Crippen LogP contribution in [-0.2, 0) is 6.18 Å². The lowest BCUT2D eigenvalue weighted by Gasteiger charge is -2.17. The van der Waals surface area contributed by atoms with E-state index in [1.165, 1.54) is 0 Å². The number of ketones is 1. The summed E-state index contributed by atoms with van der Waals surface area (Å²) < 4.78 is 49.0. The summed E-state index contributed by atoms with van der Waals surface area (Å²) in [7, 11) is 0. The Hall–Kier alpha value is -1.76. The minimum Gasteiger partial charge on any atom is -0.489 e. The highest BCUT2D eigenvalue weighted by atomic mass is 19.4. The highest BCUT2D eigenvalue weighted by molar-refractivity contribution is 6.01. The fraction of sp³-hybridized carbons (Fsp3) is 0.417. The van der Waals surface area contributed by atoms with E-state index in [4.69, 9.17) is 15.2 Å². The van der Waals surface area contributed by atoms with Crippen LogP contribution < -0.4 is 15.2 Å². The second kappa shape index (κ2) is 5.08. The minimum absolute atomic E-state index is 0.0207. The lowest BCUT2D eigenvalue weighted by Crippen LogP contribution is -2.16. The van der Waals surface area contributed by atoms with Gasteiger partial charge in [0.1, 0.15) is 5.56 Å². The van der Waals surface area contributed by atoms with Gasteiger partial charge in [-0.2, -0.15) is 13.2 Å². The van der Waals surface area contributed by atoms with E-state index in [0.29, 0.717) is 6.42 Å². The van der Waals surface area contributed by atoms with Gasteiger partial charge < -0.3 is 15.2 Å². The Kier molecular flexibility index (Phi) is 3.66. The van der Waals surface area contributed by atoms with E-state index in [1.54, 1.807) is 0 Å². The van der Waals surface area contributed by atoms with E-state index in [-0.39, 0.29) is 31.1 Å². The van der Waals surface area contributed by atoms with Crippen molar-refractivity contribution in [3.63, 3.8) is 0 Å². The number of Topliss-reactive ketones (excluding diaryl/α,β-unsaturated/α-hetero) is 1. The van der Waals surface area contributed by atoms with Crippen LogP contribution in [0.1, 0.15) is 22.3 Å². The molecule has 1 aromatic carbocycles. The van der Waals surface area contributed by atoms with E-state index in [9.17, 15) is 18.0 Å². The molecule has 1 aliphatic rings. The monoisotopic (exact) mass is 275 g/mol. The summed E-state index contributed by atoms with van der Waals surface area (Å²) in [4.78, 5) is 11.6. The Balaban J connectivity index is 2.61. The highest BCUT2D eigenvalue weighted by Gasteiger charge is 2.37. The zero-order valence-electron chi connectivity index (χ0n) is 9.92. The third-order valence-corrected chi connectivity index (χ3v) is 2.68. The number of alkyl halides is 3. The van der Waals surface area contributed by atoms with E-state index >= 15 is 0 Å². The van der Waals surface area contributed by atoms with Crippen LogP contribution in [0, 0.1) is 0 Å². The summed E-state index contributed by atoms with van der Waals surface area (Å²) in [6.07, 6.45) is -4.12. The molecule has 0 saturated carbocycles. The lowest BCUT2D eigenvalue weighted by atomic mass is 10.0. The van der Waals surface area contributed by atoms with Crippen molar-refractivity contribution in [2.24, 2.45) is 5.73 Å². The van der Waals surface area contributed by atoms with Gasteiger partial charge in [0.2, 0.25) is 0 Å². The quantitative estimate of drug-likeness (QED) is 0.839. The first-order valence-electron chi connectivity index (χ1n) is 5.68. The molecule has 2 N–H and O–H groups in total. The number of fused-ring (bicyclic) bond motifs is 1. The van der Waals surface area contributed by atoms with Crippen LogP contribution in [0.4, 0.5) is 13.2 Å². The van der Waals surface area contributed by atoms with Gasteiger partial charge in [0.15, 0.2) is 17.3 Å². The average molecular weight is 275 g/mol. The van der Waals surface area contributed by atoms with Crippen LogP contribution in [-0.4, -0.2) is 25.5 Å². The maximum absolute atomic E-state index is 12.9. The first-order valence-corrected chi connectivity index (χ1v) is 5.68. The highest BCUT2D eigenvalue weighted by Crippen LogP contribution is 2.44. The zero-order valence-corrected chi connectivity index (χ0v) is 9.92. The molecule has 0 atom stereocenters. The summed E-state index contributed by atoms with van der Waals surface area (Å²) in [5.74, 6) is -1.08. The van der Waals surface area contributed by atoms with Crippen LogP contribution in [0.25, 0.3) is 0 Å². The van der Waals surface area contributed by atoms with Crippen molar-refractivity contribution < 1.29 is 27.4 Å². The van der Waals surface area contributed by atoms with Gasteiger partial charge in [0.25, 0.3) is 0 Å². The first kappa shape index (κ1) is 13.7. The second-order valence-electron chi connectivity index (χ2n) is 3.99. The van der Waals surface area contributed by atoms with E-state index in [1.807, 2.05) is 0 Å². The normalized spacial score (nSPS) is 14.9. The zero-order chi connectivity index (χ0) is 14.0. The van der Waals surface area contributed by atoms with Crippen molar-refractivity contribution in [1.82, 2.24) is 0 Å². The fourth-order valence-electron chi connectivity index (χ4n) is 1.81. The molecule has 1 aliphatic heterocycles. The smallest absolute Gasteiger partial charge is 0.420 e. The molecule has 1 aromatic rings. The Morgan fingerprint density at radius 3 is 2.42 bits per heavy atom. The molecule has 104 valence electrons. The molecule has 4 nitrogen and oxygen atoms in total. The van der Waals surface area contributed by atoms with Gasteiger partial charge in [0, 0.05) is 6.42 Å². The molecular weight excluding hydrogens is 263 g/mol. The average Bonchev–Trinajstić information content (AvgIpc) is 2.60. The maximum atomic E-state index is 12.9.